The normalized spacial score (nSPS) is 11.3. The van der Waals surface area contributed by atoms with Crippen LogP contribution in [0.3, 0.4) is 0 Å². The van der Waals surface area contributed by atoms with Crippen LogP contribution in [0.4, 0.5) is 0 Å². The number of carbonyl (C=O) groups is 1. The van der Waals surface area contributed by atoms with Crippen LogP contribution < -0.4 is 0 Å². The number of carbonyl (C=O) groups excluding carboxylic acids is 1. The second kappa shape index (κ2) is 5.04. The lowest BCUT2D eigenvalue weighted by atomic mass is 10.1. The van der Waals surface area contributed by atoms with Gasteiger partial charge in [-0.3, -0.25) is 4.79 Å². The number of Topliss-reactive ketones (excluding diaryl/α,β-unsaturated/α-hetero) is 1. The summed E-state index contributed by atoms with van der Waals surface area (Å²) in [7, 11) is 0. The Labute approximate surface area is 131 Å². The largest absolute Gasteiger partial charge is 0.353 e. The summed E-state index contributed by atoms with van der Waals surface area (Å²) in [6.45, 7) is 0. The average Bonchev–Trinajstić information content (AvgIpc) is 3.15. The first kappa shape index (κ1) is 13.2. The fourth-order valence-electron chi connectivity index (χ4n) is 2.91. The van der Waals surface area contributed by atoms with Crippen LogP contribution in [0, 0.1) is 0 Å². The maximum Gasteiger partial charge on any atom is 0.180 e. The molecule has 2 heterocycles. The lowest BCUT2D eigenvalue weighted by Crippen LogP contribution is -2.01. The van der Waals surface area contributed by atoms with Gasteiger partial charge in [-0.15, -0.1) is 11.6 Å². The Morgan fingerprint density at radius 3 is 2.45 bits per heavy atom. The van der Waals surface area contributed by atoms with Crippen molar-refractivity contribution in [1.82, 2.24) is 9.97 Å². The number of nitrogens with one attached hydrogen (secondary N) is 2. The molecule has 0 aliphatic heterocycles. The minimum Gasteiger partial charge on any atom is -0.353 e. The SMILES string of the molecule is O=C(CCl)c1c(-c2cc3ccccc3[nH]2)[nH]c2ccccc12. The van der Waals surface area contributed by atoms with Gasteiger partial charge in [-0.05, 0) is 18.2 Å². The summed E-state index contributed by atoms with van der Waals surface area (Å²) in [5.41, 5.74) is 4.32. The molecule has 3 nitrogen and oxygen atoms in total. The van der Waals surface area contributed by atoms with Crippen LogP contribution in [0.5, 0.6) is 0 Å². The maximum atomic E-state index is 12.3. The van der Waals surface area contributed by atoms with Crippen LogP contribution in [-0.4, -0.2) is 21.6 Å². The summed E-state index contributed by atoms with van der Waals surface area (Å²) in [6, 6.07) is 17.9. The summed E-state index contributed by atoms with van der Waals surface area (Å²) in [5.74, 6) is -0.109. The fraction of sp³-hybridized carbons (Fsp3) is 0.0556. The van der Waals surface area contributed by atoms with E-state index in [-0.39, 0.29) is 11.7 Å². The molecule has 0 aliphatic rings. The first-order chi connectivity index (χ1) is 10.8. The van der Waals surface area contributed by atoms with E-state index < -0.39 is 0 Å². The Kier molecular flexibility index (Phi) is 3.01. The number of benzene rings is 2. The highest BCUT2D eigenvalue weighted by Gasteiger charge is 2.19. The number of aromatic amines is 2. The van der Waals surface area contributed by atoms with Gasteiger partial charge in [0.15, 0.2) is 5.78 Å². The Morgan fingerprint density at radius 2 is 1.68 bits per heavy atom. The fourth-order valence-corrected chi connectivity index (χ4v) is 3.04. The van der Waals surface area contributed by atoms with Crippen molar-refractivity contribution in [2.24, 2.45) is 0 Å². The Bertz CT molecular complexity index is 964. The number of hydrogen-bond donors (Lipinski definition) is 2. The van der Waals surface area contributed by atoms with E-state index in [1.165, 1.54) is 0 Å². The number of fused-ring (bicyclic) bond motifs is 2. The molecule has 0 unspecified atom stereocenters. The number of aromatic nitrogens is 2. The number of para-hydroxylation sites is 2. The molecule has 4 heteroatoms. The number of hydrogen-bond acceptors (Lipinski definition) is 1. The highest BCUT2D eigenvalue weighted by molar-refractivity contribution is 6.33. The molecule has 4 rings (SSSR count). The van der Waals surface area contributed by atoms with E-state index in [4.69, 9.17) is 11.6 Å². The predicted molar refractivity (Wildman–Crippen MR) is 90.6 cm³/mol. The summed E-state index contributed by atoms with van der Waals surface area (Å²) in [5, 5.41) is 2.02. The lowest BCUT2D eigenvalue weighted by Gasteiger charge is -2.00. The van der Waals surface area contributed by atoms with E-state index in [1.54, 1.807) is 0 Å². The van der Waals surface area contributed by atoms with Crippen molar-refractivity contribution in [3.05, 3.63) is 60.2 Å². The molecular weight excluding hydrogens is 296 g/mol. The van der Waals surface area contributed by atoms with E-state index in [9.17, 15) is 4.79 Å². The summed E-state index contributed by atoms with van der Waals surface area (Å²) < 4.78 is 0. The Balaban J connectivity index is 2.02. The van der Waals surface area contributed by atoms with Gasteiger partial charge in [0.05, 0.1) is 22.8 Å². The van der Waals surface area contributed by atoms with Crippen molar-refractivity contribution >= 4 is 39.2 Å². The lowest BCUT2D eigenvalue weighted by molar-refractivity contribution is 0.102. The molecule has 0 saturated heterocycles. The molecule has 2 aromatic heterocycles. The number of ketones is 1. The molecule has 22 heavy (non-hydrogen) atoms. The maximum absolute atomic E-state index is 12.3. The summed E-state index contributed by atoms with van der Waals surface area (Å²) in [4.78, 5) is 19.0. The van der Waals surface area contributed by atoms with E-state index in [0.29, 0.717) is 5.56 Å². The average molecular weight is 309 g/mol. The second-order valence-electron chi connectivity index (χ2n) is 5.25. The topological polar surface area (TPSA) is 48.6 Å². The molecule has 2 aromatic carbocycles. The zero-order valence-corrected chi connectivity index (χ0v) is 12.4. The van der Waals surface area contributed by atoms with Gasteiger partial charge in [0.1, 0.15) is 0 Å². The van der Waals surface area contributed by atoms with Crippen LogP contribution in [0.25, 0.3) is 33.2 Å². The summed E-state index contributed by atoms with van der Waals surface area (Å²) in [6.07, 6.45) is 0. The standard InChI is InChI=1S/C18H13ClN2O/c19-10-16(22)17-12-6-2-4-8-14(12)21-18(17)15-9-11-5-1-3-7-13(11)20-15/h1-9,20-21H,10H2. The monoisotopic (exact) mass is 308 g/mol. The molecular formula is C18H13ClN2O. The minimum absolute atomic E-state index is 0.0327. The number of halogens is 1. The predicted octanol–water partition coefficient (Wildman–Crippen LogP) is 4.74. The molecule has 108 valence electrons. The molecule has 0 atom stereocenters. The highest BCUT2D eigenvalue weighted by Crippen LogP contribution is 2.32. The van der Waals surface area contributed by atoms with Crippen LogP contribution in [0.2, 0.25) is 0 Å². The van der Waals surface area contributed by atoms with Crippen LogP contribution >= 0.6 is 11.6 Å². The second-order valence-corrected chi connectivity index (χ2v) is 5.51. The van der Waals surface area contributed by atoms with Crippen molar-refractivity contribution in [2.45, 2.75) is 0 Å². The van der Waals surface area contributed by atoms with Crippen molar-refractivity contribution in [1.29, 1.82) is 0 Å². The van der Waals surface area contributed by atoms with Gasteiger partial charge in [0.2, 0.25) is 0 Å². The van der Waals surface area contributed by atoms with Gasteiger partial charge in [0, 0.05) is 21.8 Å². The van der Waals surface area contributed by atoms with E-state index >= 15 is 0 Å². The third-order valence-electron chi connectivity index (χ3n) is 3.91. The summed E-state index contributed by atoms with van der Waals surface area (Å²) >= 11 is 5.81. The first-order valence-corrected chi connectivity index (χ1v) is 7.59. The van der Waals surface area contributed by atoms with Crippen LogP contribution in [0.15, 0.2) is 54.6 Å². The van der Waals surface area contributed by atoms with Crippen molar-refractivity contribution < 1.29 is 4.79 Å². The third kappa shape index (κ3) is 1.94. The Morgan fingerprint density at radius 1 is 0.955 bits per heavy atom. The molecule has 0 fully saturated rings. The van der Waals surface area contributed by atoms with Crippen molar-refractivity contribution in [3.63, 3.8) is 0 Å². The van der Waals surface area contributed by atoms with E-state index in [0.717, 1.165) is 33.2 Å². The number of rotatable bonds is 3. The molecule has 0 aliphatic carbocycles. The van der Waals surface area contributed by atoms with Crippen LogP contribution in [-0.2, 0) is 0 Å². The van der Waals surface area contributed by atoms with Gasteiger partial charge in [0.25, 0.3) is 0 Å². The van der Waals surface area contributed by atoms with Gasteiger partial charge < -0.3 is 9.97 Å². The molecule has 0 radical (unpaired) electrons. The quantitative estimate of drug-likeness (QED) is 0.417. The molecule has 2 N–H and O–H groups in total. The molecule has 0 amide bonds. The highest BCUT2D eigenvalue weighted by atomic mass is 35.5. The molecule has 0 bridgehead atoms. The van der Waals surface area contributed by atoms with Gasteiger partial charge in [-0.25, -0.2) is 0 Å². The van der Waals surface area contributed by atoms with E-state index in [2.05, 4.69) is 9.97 Å². The minimum atomic E-state index is -0.0761. The molecule has 0 saturated carbocycles. The van der Waals surface area contributed by atoms with Gasteiger partial charge in [-0.2, -0.15) is 0 Å². The third-order valence-corrected chi connectivity index (χ3v) is 4.15. The van der Waals surface area contributed by atoms with Crippen LogP contribution in [0.1, 0.15) is 10.4 Å². The molecule has 0 spiro atoms. The number of alkyl halides is 1. The van der Waals surface area contributed by atoms with Crippen molar-refractivity contribution in [2.75, 3.05) is 5.88 Å². The van der Waals surface area contributed by atoms with Crippen molar-refractivity contribution in [3.8, 4) is 11.4 Å². The zero-order valence-electron chi connectivity index (χ0n) is 11.7. The smallest absolute Gasteiger partial charge is 0.180 e. The number of H-pyrrole nitrogens is 2. The van der Waals surface area contributed by atoms with Gasteiger partial charge >= 0.3 is 0 Å². The Hall–Kier alpha value is -2.52. The van der Waals surface area contributed by atoms with E-state index in [1.807, 2.05) is 54.6 Å². The molecule has 4 aromatic rings. The van der Waals surface area contributed by atoms with Gasteiger partial charge in [-0.1, -0.05) is 36.4 Å². The first-order valence-electron chi connectivity index (χ1n) is 7.06. The zero-order chi connectivity index (χ0) is 15.1.